The van der Waals surface area contributed by atoms with E-state index in [1.165, 1.54) is 0 Å². The molecule has 0 nitrogen and oxygen atoms in total. The van der Waals surface area contributed by atoms with Crippen LogP contribution < -0.4 is 0 Å². The van der Waals surface area contributed by atoms with Gasteiger partial charge in [-0.2, -0.15) is 0 Å². The van der Waals surface area contributed by atoms with Crippen molar-refractivity contribution in [2.45, 2.75) is 19.3 Å². The minimum Gasteiger partial charge on any atom is -0.211 e. The molecule has 18 heavy (non-hydrogen) atoms. The maximum atomic E-state index is 12.3. The first-order valence-corrected chi connectivity index (χ1v) is 6.61. The van der Waals surface area contributed by atoms with Crippen molar-refractivity contribution < 1.29 is 8.78 Å². The number of benzene rings is 1. The molecule has 2 aromatic rings. The van der Waals surface area contributed by atoms with Crippen LogP contribution in [0.15, 0.2) is 43.0 Å². The van der Waals surface area contributed by atoms with Crippen molar-refractivity contribution >= 4 is 17.4 Å². The lowest BCUT2D eigenvalue weighted by Crippen LogP contribution is -1.95. The summed E-state index contributed by atoms with van der Waals surface area (Å²) in [7, 11) is 0. The summed E-state index contributed by atoms with van der Waals surface area (Å²) in [5.41, 5.74) is 2.03. The van der Waals surface area contributed by atoms with Gasteiger partial charge in [0.25, 0.3) is 0 Å². The number of hydrogen-bond donors (Lipinski definition) is 0. The lowest BCUT2D eigenvalue weighted by molar-refractivity contribution is 0.138. The number of halogens is 2. The molecule has 0 aliphatic heterocycles. The molecule has 1 aromatic carbocycles. The second-order valence-corrected chi connectivity index (χ2v) is 5.11. The topological polar surface area (TPSA) is 0 Å². The van der Waals surface area contributed by atoms with E-state index in [2.05, 4.69) is 6.58 Å². The molecule has 0 spiro atoms. The Hall–Kier alpha value is -1.48. The van der Waals surface area contributed by atoms with Gasteiger partial charge in [0.15, 0.2) is 0 Å². The Kier molecular flexibility index (Phi) is 4.26. The van der Waals surface area contributed by atoms with E-state index in [4.69, 9.17) is 0 Å². The van der Waals surface area contributed by atoms with Crippen LogP contribution in [0.1, 0.15) is 16.9 Å². The fraction of sp³-hybridized carbons (Fsp3) is 0.200. The molecule has 2 rings (SSSR count). The second kappa shape index (κ2) is 5.91. The molecule has 3 heteroatoms. The van der Waals surface area contributed by atoms with Gasteiger partial charge in [0, 0.05) is 16.2 Å². The van der Waals surface area contributed by atoms with Crippen LogP contribution in [-0.4, -0.2) is 6.43 Å². The summed E-state index contributed by atoms with van der Waals surface area (Å²) < 4.78 is 24.6. The molecular weight excluding hydrogens is 250 g/mol. The van der Waals surface area contributed by atoms with Crippen molar-refractivity contribution in [3.63, 3.8) is 0 Å². The highest BCUT2D eigenvalue weighted by molar-refractivity contribution is 7.16. The number of aryl methyl sites for hydroxylation is 1. The summed E-state index contributed by atoms with van der Waals surface area (Å²) in [5, 5.41) is 0. The molecule has 0 radical (unpaired) electrons. The zero-order valence-corrected chi connectivity index (χ0v) is 10.7. The van der Waals surface area contributed by atoms with Gasteiger partial charge < -0.3 is 0 Å². The maximum Gasteiger partial charge on any atom is 0.239 e. The quantitative estimate of drug-likeness (QED) is 0.691. The molecule has 0 saturated carbocycles. The van der Waals surface area contributed by atoms with Gasteiger partial charge in [0.2, 0.25) is 6.43 Å². The molecule has 0 amide bonds. The van der Waals surface area contributed by atoms with Gasteiger partial charge in [-0.25, -0.2) is 8.78 Å². The number of rotatable bonds is 5. The standard InChI is InChI=1S/C15H14F2S/c1-2-12-8-9-14(18-12)13-6-4-3-5-11(13)7-10-15(16)17/h2-6,8-9,15H,1,7,10H2. The first-order valence-electron chi connectivity index (χ1n) is 5.79. The van der Waals surface area contributed by atoms with Gasteiger partial charge in [-0.3, -0.25) is 0 Å². The second-order valence-electron chi connectivity index (χ2n) is 3.99. The molecule has 1 aromatic heterocycles. The third-order valence-corrected chi connectivity index (χ3v) is 3.86. The van der Waals surface area contributed by atoms with E-state index >= 15 is 0 Å². The number of thiophene rings is 1. The van der Waals surface area contributed by atoms with Crippen LogP contribution in [0.5, 0.6) is 0 Å². The van der Waals surface area contributed by atoms with Crippen LogP contribution in [0, 0.1) is 0 Å². The zero-order chi connectivity index (χ0) is 13.0. The lowest BCUT2D eigenvalue weighted by atomic mass is 10.0. The van der Waals surface area contributed by atoms with E-state index in [0.717, 1.165) is 20.9 Å². The van der Waals surface area contributed by atoms with E-state index in [1.807, 2.05) is 36.4 Å². The average Bonchev–Trinajstić information content (AvgIpc) is 2.85. The van der Waals surface area contributed by atoms with Crippen molar-refractivity contribution in [1.29, 1.82) is 0 Å². The monoisotopic (exact) mass is 264 g/mol. The minimum absolute atomic E-state index is 0.0866. The highest BCUT2D eigenvalue weighted by atomic mass is 32.1. The van der Waals surface area contributed by atoms with Gasteiger partial charge in [-0.15, -0.1) is 11.3 Å². The normalized spacial score (nSPS) is 10.8. The average molecular weight is 264 g/mol. The lowest BCUT2D eigenvalue weighted by Gasteiger charge is -2.07. The fourth-order valence-electron chi connectivity index (χ4n) is 1.85. The van der Waals surface area contributed by atoms with Gasteiger partial charge in [-0.05, 0) is 29.7 Å². The Morgan fingerprint density at radius 3 is 2.61 bits per heavy atom. The Morgan fingerprint density at radius 2 is 1.94 bits per heavy atom. The van der Waals surface area contributed by atoms with Gasteiger partial charge in [-0.1, -0.05) is 36.9 Å². The Bertz CT molecular complexity index is 529. The molecule has 0 saturated heterocycles. The molecule has 0 unspecified atom stereocenters. The van der Waals surface area contributed by atoms with E-state index in [0.29, 0.717) is 6.42 Å². The summed E-state index contributed by atoms with van der Waals surface area (Å²) in [6.07, 6.45) is -0.118. The minimum atomic E-state index is -2.25. The van der Waals surface area contributed by atoms with Crippen LogP contribution in [0.3, 0.4) is 0 Å². The largest absolute Gasteiger partial charge is 0.239 e. The Balaban J connectivity index is 2.29. The molecule has 0 N–H and O–H groups in total. The first-order chi connectivity index (χ1) is 8.70. The molecule has 0 aliphatic rings. The SMILES string of the molecule is C=Cc1ccc(-c2ccccc2CCC(F)F)s1. The van der Waals surface area contributed by atoms with Gasteiger partial charge >= 0.3 is 0 Å². The highest BCUT2D eigenvalue weighted by Gasteiger charge is 2.09. The van der Waals surface area contributed by atoms with Crippen LogP contribution in [0.4, 0.5) is 8.78 Å². The third-order valence-electron chi connectivity index (χ3n) is 2.74. The summed E-state index contributed by atoms with van der Waals surface area (Å²) in [6, 6.07) is 11.8. The zero-order valence-electron chi connectivity index (χ0n) is 9.90. The van der Waals surface area contributed by atoms with Crippen LogP contribution >= 0.6 is 11.3 Å². The van der Waals surface area contributed by atoms with E-state index in [-0.39, 0.29) is 6.42 Å². The molecule has 1 heterocycles. The van der Waals surface area contributed by atoms with E-state index in [1.54, 1.807) is 17.4 Å². The molecule has 0 bridgehead atoms. The molecular formula is C15H14F2S. The highest BCUT2D eigenvalue weighted by Crippen LogP contribution is 2.32. The molecule has 0 fully saturated rings. The molecule has 0 atom stereocenters. The third kappa shape index (κ3) is 3.05. The van der Waals surface area contributed by atoms with Crippen molar-refractivity contribution in [2.24, 2.45) is 0 Å². The number of hydrogen-bond acceptors (Lipinski definition) is 1. The maximum absolute atomic E-state index is 12.3. The Labute approximate surface area is 110 Å². The van der Waals surface area contributed by atoms with Crippen LogP contribution in [0.25, 0.3) is 16.5 Å². The van der Waals surface area contributed by atoms with Crippen molar-refractivity contribution in [3.05, 3.63) is 53.4 Å². The van der Waals surface area contributed by atoms with Gasteiger partial charge in [0.1, 0.15) is 0 Å². The summed E-state index contributed by atoms with van der Waals surface area (Å²) in [4.78, 5) is 2.20. The van der Waals surface area contributed by atoms with E-state index < -0.39 is 6.43 Å². The van der Waals surface area contributed by atoms with E-state index in [9.17, 15) is 8.78 Å². The van der Waals surface area contributed by atoms with Crippen LogP contribution in [-0.2, 0) is 6.42 Å². The van der Waals surface area contributed by atoms with Gasteiger partial charge in [0.05, 0.1) is 0 Å². The fourth-order valence-corrected chi connectivity index (χ4v) is 2.77. The summed E-state index contributed by atoms with van der Waals surface area (Å²) in [5.74, 6) is 0. The smallest absolute Gasteiger partial charge is 0.211 e. The van der Waals surface area contributed by atoms with Crippen molar-refractivity contribution in [1.82, 2.24) is 0 Å². The summed E-state index contributed by atoms with van der Waals surface area (Å²) in [6.45, 7) is 3.73. The summed E-state index contributed by atoms with van der Waals surface area (Å²) >= 11 is 1.63. The van der Waals surface area contributed by atoms with Crippen LogP contribution in [0.2, 0.25) is 0 Å². The van der Waals surface area contributed by atoms with Crippen molar-refractivity contribution in [3.8, 4) is 10.4 Å². The predicted molar refractivity (Wildman–Crippen MR) is 74.2 cm³/mol. The molecule has 0 aliphatic carbocycles. The number of alkyl halides is 2. The van der Waals surface area contributed by atoms with Crippen molar-refractivity contribution in [2.75, 3.05) is 0 Å². The Morgan fingerprint density at radius 1 is 1.17 bits per heavy atom. The first kappa shape index (κ1) is 13.0. The predicted octanol–water partition coefficient (Wildman–Crippen LogP) is 5.26. The molecule has 94 valence electrons.